The molecular weight excluding hydrogens is 366 g/mol. The number of aryl methyl sites for hydroxylation is 2. The average Bonchev–Trinajstić information content (AvgIpc) is 2.65. The maximum Gasteiger partial charge on any atom is 0.414 e. The molecule has 0 bridgehead atoms. The number of carboxylic acid groups (broad SMARTS) is 2. The molecule has 1 aromatic carbocycles. The Bertz CT molecular complexity index is 690. The lowest BCUT2D eigenvalue weighted by Gasteiger charge is -2.32. The molecule has 0 radical (unpaired) electrons. The van der Waals surface area contributed by atoms with E-state index >= 15 is 0 Å². The van der Waals surface area contributed by atoms with E-state index in [1.807, 2.05) is 6.92 Å². The molecule has 1 aliphatic heterocycles. The maximum atomic E-state index is 11.9. The van der Waals surface area contributed by atoms with Crippen LogP contribution in [0.1, 0.15) is 36.5 Å². The molecule has 8 nitrogen and oxygen atoms in total. The number of benzene rings is 1. The normalized spacial score (nSPS) is 16.5. The second kappa shape index (κ2) is 11.3. The van der Waals surface area contributed by atoms with Crippen molar-refractivity contribution >= 4 is 17.9 Å². The summed E-state index contributed by atoms with van der Waals surface area (Å²) in [5, 5.41) is 14.8. The summed E-state index contributed by atoms with van der Waals surface area (Å²) in [7, 11) is 1.70. The molecule has 1 atom stereocenters. The van der Waals surface area contributed by atoms with Gasteiger partial charge in [0.05, 0.1) is 19.6 Å². The van der Waals surface area contributed by atoms with E-state index in [4.69, 9.17) is 29.3 Å². The Morgan fingerprint density at radius 2 is 1.79 bits per heavy atom. The van der Waals surface area contributed by atoms with Crippen LogP contribution in [-0.2, 0) is 25.7 Å². The predicted octanol–water partition coefficient (Wildman–Crippen LogP) is 2.24. The molecule has 1 unspecified atom stereocenters. The fourth-order valence-corrected chi connectivity index (χ4v) is 3.13. The smallest absolute Gasteiger partial charge is 0.414 e. The zero-order valence-corrected chi connectivity index (χ0v) is 16.9. The van der Waals surface area contributed by atoms with Crippen LogP contribution in [0.3, 0.4) is 0 Å². The van der Waals surface area contributed by atoms with Gasteiger partial charge in [0.25, 0.3) is 0 Å². The number of aliphatic carboxylic acids is 2. The molecule has 2 rings (SSSR count). The largest absolute Gasteiger partial charge is 0.496 e. The van der Waals surface area contributed by atoms with E-state index in [1.165, 1.54) is 11.1 Å². The maximum absolute atomic E-state index is 11.9. The minimum absolute atomic E-state index is 0.0216. The van der Waals surface area contributed by atoms with Gasteiger partial charge in [-0.25, -0.2) is 9.59 Å². The Labute approximate surface area is 165 Å². The van der Waals surface area contributed by atoms with Crippen molar-refractivity contribution in [2.45, 2.75) is 40.2 Å². The summed E-state index contributed by atoms with van der Waals surface area (Å²) < 4.78 is 10.5. The molecule has 0 spiro atoms. The van der Waals surface area contributed by atoms with Crippen molar-refractivity contribution in [3.8, 4) is 5.75 Å². The molecule has 0 amide bonds. The summed E-state index contributed by atoms with van der Waals surface area (Å²) in [6.45, 7) is 9.23. The van der Waals surface area contributed by atoms with Crippen LogP contribution in [0.25, 0.3) is 0 Å². The van der Waals surface area contributed by atoms with E-state index in [2.05, 4.69) is 30.9 Å². The van der Waals surface area contributed by atoms with Gasteiger partial charge in [-0.05, 0) is 62.9 Å². The van der Waals surface area contributed by atoms with Crippen LogP contribution in [0.15, 0.2) is 12.1 Å². The van der Waals surface area contributed by atoms with E-state index < -0.39 is 11.9 Å². The Hall–Kier alpha value is -2.61. The first kappa shape index (κ1) is 23.4. The van der Waals surface area contributed by atoms with Crippen molar-refractivity contribution < 1.29 is 34.1 Å². The third-order valence-corrected chi connectivity index (χ3v) is 4.56. The monoisotopic (exact) mass is 395 g/mol. The van der Waals surface area contributed by atoms with Gasteiger partial charge in [0.15, 0.2) is 0 Å². The van der Waals surface area contributed by atoms with Gasteiger partial charge in [-0.15, -0.1) is 0 Å². The number of esters is 1. The SMILES string of the molecule is CCOC(=O)C1CCCN(Cc2cc(C)c(OC)cc2C)C1.O=C(O)C(=O)O. The summed E-state index contributed by atoms with van der Waals surface area (Å²) in [4.78, 5) is 32.5. The average molecular weight is 395 g/mol. The highest BCUT2D eigenvalue weighted by molar-refractivity contribution is 6.27. The van der Waals surface area contributed by atoms with Crippen LogP contribution in [0.5, 0.6) is 5.75 Å². The molecule has 1 saturated heterocycles. The third-order valence-electron chi connectivity index (χ3n) is 4.56. The zero-order chi connectivity index (χ0) is 21.3. The van der Waals surface area contributed by atoms with Crippen LogP contribution >= 0.6 is 0 Å². The fourth-order valence-electron chi connectivity index (χ4n) is 3.13. The third kappa shape index (κ3) is 7.19. The second-order valence-corrected chi connectivity index (χ2v) is 6.68. The lowest BCUT2D eigenvalue weighted by Crippen LogP contribution is -2.39. The van der Waals surface area contributed by atoms with Gasteiger partial charge >= 0.3 is 17.9 Å². The van der Waals surface area contributed by atoms with E-state index in [1.54, 1.807) is 7.11 Å². The van der Waals surface area contributed by atoms with Gasteiger partial charge in [-0.2, -0.15) is 0 Å². The Kier molecular flexibility index (Phi) is 9.44. The standard InChI is InChI=1S/C18H27NO3.C2H2O4/c1-5-22-18(20)15-7-6-8-19(11-15)12-16-9-14(3)17(21-4)10-13(16)2;3-1(4)2(5)6/h9-10,15H,5-8,11-12H2,1-4H3;(H,3,4)(H,5,6). The van der Waals surface area contributed by atoms with Crippen molar-refractivity contribution in [3.63, 3.8) is 0 Å². The highest BCUT2D eigenvalue weighted by Crippen LogP contribution is 2.25. The molecule has 1 aromatic rings. The molecular formula is C20H29NO7. The summed E-state index contributed by atoms with van der Waals surface area (Å²) in [5.41, 5.74) is 3.70. The number of hydrogen-bond donors (Lipinski definition) is 2. The van der Waals surface area contributed by atoms with E-state index in [9.17, 15) is 4.79 Å². The molecule has 156 valence electrons. The van der Waals surface area contributed by atoms with Crippen LogP contribution < -0.4 is 4.74 Å². The molecule has 8 heteroatoms. The van der Waals surface area contributed by atoms with Gasteiger partial charge < -0.3 is 19.7 Å². The number of carbonyl (C=O) groups is 3. The minimum Gasteiger partial charge on any atom is -0.496 e. The van der Waals surface area contributed by atoms with Crippen molar-refractivity contribution in [3.05, 3.63) is 28.8 Å². The summed E-state index contributed by atoms with van der Waals surface area (Å²) in [5.74, 6) is -2.74. The lowest BCUT2D eigenvalue weighted by atomic mass is 9.96. The van der Waals surface area contributed by atoms with Crippen LogP contribution in [-0.4, -0.2) is 59.8 Å². The van der Waals surface area contributed by atoms with Gasteiger partial charge in [-0.3, -0.25) is 9.69 Å². The number of likely N-dealkylation sites (tertiary alicyclic amines) is 1. The Morgan fingerprint density at radius 1 is 1.14 bits per heavy atom. The van der Waals surface area contributed by atoms with Crippen molar-refractivity contribution in [2.75, 3.05) is 26.8 Å². The first-order valence-corrected chi connectivity index (χ1v) is 9.18. The number of nitrogens with zero attached hydrogens (tertiary/aromatic N) is 1. The number of rotatable bonds is 5. The van der Waals surface area contributed by atoms with Crippen molar-refractivity contribution in [2.24, 2.45) is 5.92 Å². The predicted molar refractivity (Wildman–Crippen MR) is 102 cm³/mol. The first-order valence-electron chi connectivity index (χ1n) is 9.18. The van der Waals surface area contributed by atoms with Gasteiger partial charge in [-0.1, -0.05) is 6.07 Å². The fraction of sp³-hybridized carbons (Fsp3) is 0.550. The van der Waals surface area contributed by atoms with Crippen LogP contribution in [0.2, 0.25) is 0 Å². The highest BCUT2D eigenvalue weighted by atomic mass is 16.5. The molecule has 2 N–H and O–H groups in total. The molecule has 28 heavy (non-hydrogen) atoms. The van der Waals surface area contributed by atoms with Gasteiger partial charge in [0, 0.05) is 13.1 Å². The highest BCUT2D eigenvalue weighted by Gasteiger charge is 2.27. The quantitative estimate of drug-likeness (QED) is 0.576. The van der Waals surface area contributed by atoms with Gasteiger partial charge in [0.1, 0.15) is 5.75 Å². The lowest BCUT2D eigenvalue weighted by molar-refractivity contribution is -0.159. The molecule has 1 aliphatic rings. The van der Waals surface area contributed by atoms with Crippen molar-refractivity contribution in [1.82, 2.24) is 4.90 Å². The summed E-state index contributed by atoms with van der Waals surface area (Å²) in [6, 6.07) is 4.29. The topological polar surface area (TPSA) is 113 Å². The summed E-state index contributed by atoms with van der Waals surface area (Å²) in [6.07, 6.45) is 1.99. The number of hydrogen-bond acceptors (Lipinski definition) is 6. The molecule has 0 saturated carbocycles. The minimum atomic E-state index is -1.82. The van der Waals surface area contributed by atoms with E-state index in [0.717, 1.165) is 43.8 Å². The molecule has 0 aromatic heterocycles. The molecule has 1 fully saturated rings. The zero-order valence-electron chi connectivity index (χ0n) is 16.9. The Balaban J connectivity index is 0.000000568. The van der Waals surface area contributed by atoms with Crippen LogP contribution in [0.4, 0.5) is 0 Å². The molecule has 0 aliphatic carbocycles. The van der Waals surface area contributed by atoms with E-state index in [-0.39, 0.29) is 11.9 Å². The van der Waals surface area contributed by atoms with Crippen molar-refractivity contribution in [1.29, 1.82) is 0 Å². The van der Waals surface area contributed by atoms with E-state index in [0.29, 0.717) is 6.61 Å². The number of carboxylic acids is 2. The number of methoxy groups -OCH3 is 1. The summed E-state index contributed by atoms with van der Waals surface area (Å²) >= 11 is 0. The number of carbonyl (C=O) groups excluding carboxylic acids is 1. The molecule has 1 heterocycles. The number of piperidine rings is 1. The Morgan fingerprint density at radius 3 is 2.32 bits per heavy atom. The first-order chi connectivity index (χ1) is 13.2. The van der Waals surface area contributed by atoms with Gasteiger partial charge in [0.2, 0.25) is 0 Å². The second-order valence-electron chi connectivity index (χ2n) is 6.68. The number of ether oxygens (including phenoxy) is 2. The van der Waals surface area contributed by atoms with Crippen LogP contribution in [0, 0.1) is 19.8 Å².